The van der Waals surface area contributed by atoms with Gasteiger partial charge in [0.1, 0.15) is 17.9 Å². The van der Waals surface area contributed by atoms with Gasteiger partial charge >= 0.3 is 6.03 Å². The molecule has 1 unspecified atom stereocenters. The Balaban J connectivity index is 1.38. The summed E-state index contributed by atoms with van der Waals surface area (Å²) < 4.78 is 14.0. The van der Waals surface area contributed by atoms with Crippen molar-refractivity contribution in [3.63, 3.8) is 0 Å². The number of urea groups is 1. The lowest BCUT2D eigenvalue weighted by molar-refractivity contribution is -0.139. The highest BCUT2D eigenvalue weighted by molar-refractivity contribution is 6.31. The normalized spacial score (nSPS) is 20.5. The molecule has 0 bridgehead atoms. The zero-order valence-corrected chi connectivity index (χ0v) is 19.6. The van der Waals surface area contributed by atoms with E-state index in [1.54, 1.807) is 19.1 Å². The Bertz CT molecular complexity index is 1160. The quantitative estimate of drug-likeness (QED) is 0.672. The van der Waals surface area contributed by atoms with E-state index in [-0.39, 0.29) is 36.8 Å². The third kappa shape index (κ3) is 4.35. The predicted octanol–water partition coefficient (Wildman–Crippen LogP) is 2.54. The molecule has 0 spiro atoms. The number of nitrogens with zero attached hydrogens (tertiary/aromatic N) is 3. The Morgan fingerprint density at radius 2 is 1.65 bits per heavy atom. The van der Waals surface area contributed by atoms with Gasteiger partial charge < -0.3 is 15.1 Å². The van der Waals surface area contributed by atoms with E-state index in [9.17, 15) is 23.6 Å². The topological polar surface area (TPSA) is 90.0 Å². The van der Waals surface area contributed by atoms with E-state index in [4.69, 9.17) is 11.6 Å². The number of piperazine rings is 1. The highest BCUT2D eigenvalue weighted by Crippen LogP contribution is 2.29. The van der Waals surface area contributed by atoms with Gasteiger partial charge in [-0.05, 0) is 37.6 Å². The molecule has 2 aromatic carbocycles. The summed E-state index contributed by atoms with van der Waals surface area (Å²) in [6, 6.07) is 10.4. The molecule has 5 amide bonds. The Kier molecular flexibility index (Phi) is 6.31. The summed E-state index contributed by atoms with van der Waals surface area (Å²) in [5.74, 6) is -2.07. The van der Waals surface area contributed by atoms with Gasteiger partial charge in [0.2, 0.25) is 5.91 Å². The standard InChI is InChI=1S/C24H24ClFN4O4/c1-15-3-5-16(6-4-15)24(2)22(33)30(23(34)27-24)14-20(31)28-9-11-29(12-10-28)21(32)18-13-17(25)7-8-19(18)26/h3-8,13H,9-12,14H2,1-2H3,(H,27,34). The van der Waals surface area contributed by atoms with Crippen LogP contribution in [-0.2, 0) is 15.1 Å². The summed E-state index contributed by atoms with van der Waals surface area (Å²) >= 11 is 5.88. The molecule has 0 radical (unpaired) electrons. The van der Waals surface area contributed by atoms with Crippen molar-refractivity contribution in [2.24, 2.45) is 0 Å². The van der Waals surface area contributed by atoms with Crippen LogP contribution in [0.4, 0.5) is 9.18 Å². The summed E-state index contributed by atoms with van der Waals surface area (Å²) in [6.07, 6.45) is 0. The van der Waals surface area contributed by atoms with E-state index >= 15 is 0 Å². The number of benzene rings is 2. The lowest BCUT2D eigenvalue weighted by atomic mass is 9.91. The van der Waals surface area contributed by atoms with Gasteiger partial charge in [0, 0.05) is 31.2 Å². The van der Waals surface area contributed by atoms with Crippen molar-refractivity contribution >= 4 is 35.4 Å². The molecule has 4 rings (SSSR count). The minimum absolute atomic E-state index is 0.123. The average Bonchev–Trinajstić information content (AvgIpc) is 3.04. The van der Waals surface area contributed by atoms with E-state index in [1.165, 1.54) is 21.9 Å². The van der Waals surface area contributed by atoms with Crippen molar-refractivity contribution in [2.45, 2.75) is 19.4 Å². The number of carbonyl (C=O) groups excluding carboxylic acids is 4. The van der Waals surface area contributed by atoms with Gasteiger partial charge in [-0.15, -0.1) is 0 Å². The monoisotopic (exact) mass is 486 g/mol. The molecular formula is C24H24ClFN4O4. The van der Waals surface area contributed by atoms with E-state index in [0.717, 1.165) is 16.5 Å². The van der Waals surface area contributed by atoms with Crippen molar-refractivity contribution < 1.29 is 23.6 Å². The second-order valence-corrected chi connectivity index (χ2v) is 9.05. The minimum atomic E-state index is -1.25. The zero-order chi connectivity index (χ0) is 24.6. The number of rotatable bonds is 4. The van der Waals surface area contributed by atoms with Crippen LogP contribution < -0.4 is 5.32 Å². The first kappa shape index (κ1) is 23.7. The number of carbonyl (C=O) groups is 4. The maximum Gasteiger partial charge on any atom is 0.325 e. The van der Waals surface area contributed by atoms with Crippen molar-refractivity contribution in [2.75, 3.05) is 32.7 Å². The first-order chi connectivity index (χ1) is 16.1. The van der Waals surface area contributed by atoms with Crippen molar-refractivity contribution in [3.8, 4) is 0 Å². The van der Waals surface area contributed by atoms with Crippen LogP contribution in [0.1, 0.15) is 28.4 Å². The van der Waals surface area contributed by atoms with Gasteiger partial charge in [-0.25, -0.2) is 9.18 Å². The zero-order valence-electron chi connectivity index (χ0n) is 18.8. The number of hydrogen-bond donors (Lipinski definition) is 1. The number of halogens is 2. The highest BCUT2D eigenvalue weighted by atomic mass is 35.5. The maximum absolute atomic E-state index is 14.0. The second-order valence-electron chi connectivity index (χ2n) is 8.61. The minimum Gasteiger partial charge on any atom is -0.338 e. The molecule has 10 heteroatoms. The molecule has 2 aromatic rings. The number of amides is 5. The smallest absolute Gasteiger partial charge is 0.325 e. The third-order valence-corrected chi connectivity index (χ3v) is 6.51. The molecule has 0 saturated carbocycles. The van der Waals surface area contributed by atoms with Gasteiger partial charge in [-0.1, -0.05) is 41.4 Å². The molecule has 1 N–H and O–H groups in total. The summed E-state index contributed by atoms with van der Waals surface area (Å²) in [7, 11) is 0. The number of aryl methyl sites for hydroxylation is 1. The summed E-state index contributed by atoms with van der Waals surface area (Å²) in [6.45, 7) is 3.92. The first-order valence-electron chi connectivity index (χ1n) is 10.8. The van der Waals surface area contributed by atoms with Gasteiger partial charge in [-0.3, -0.25) is 19.3 Å². The van der Waals surface area contributed by atoms with E-state index in [2.05, 4.69) is 5.32 Å². The van der Waals surface area contributed by atoms with Crippen LogP contribution >= 0.6 is 11.6 Å². The molecule has 2 fully saturated rings. The molecule has 178 valence electrons. The predicted molar refractivity (Wildman–Crippen MR) is 123 cm³/mol. The molecule has 0 aromatic heterocycles. The molecule has 2 saturated heterocycles. The largest absolute Gasteiger partial charge is 0.338 e. The van der Waals surface area contributed by atoms with Gasteiger partial charge in [-0.2, -0.15) is 0 Å². The van der Waals surface area contributed by atoms with Crippen LogP contribution in [0.5, 0.6) is 0 Å². The van der Waals surface area contributed by atoms with Crippen LogP contribution in [0.25, 0.3) is 0 Å². The summed E-state index contributed by atoms with van der Waals surface area (Å²) in [5, 5.41) is 2.95. The van der Waals surface area contributed by atoms with Gasteiger partial charge in [0.25, 0.3) is 11.8 Å². The van der Waals surface area contributed by atoms with Crippen molar-refractivity contribution in [1.29, 1.82) is 0 Å². The van der Waals surface area contributed by atoms with Crippen molar-refractivity contribution in [3.05, 3.63) is 70.0 Å². The van der Waals surface area contributed by atoms with Gasteiger partial charge in [0.05, 0.1) is 5.56 Å². The molecule has 34 heavy (non-hydrogen) atoms. The molecule has 2 heterocycles. The Morgan fingerprint density at radius 1 is 1.03 bits per heavy atom. The molecule has 2 aliphatic heterocycles. The van der Waals surface area contributed by atoms with E-state index in [0.29, 0.717) is 5.56 Å². The lowest BCUT2D eigenvalue weighted by Gasteiger charge is -2.35. The molecule has 1 atom stereocenters. The highest BCUT2D eigenvalue weighted by Gasteiger charge is 2.49. The number of nitrogens with one attached hydrogen (secondary N) is 1. The van der Waals surface area contributed by atoms with Crippen LogP contribution in [0.15, 0.2) is 42.5 Å². The number of hydrogen-bond acceptors (Lipinski definition) is 4. The van der Waals surface area contributed by atoms with Gasteiger partial charge in [0.15, 0.2) is 0 Å². The van der Waals surface area contributed by atoms with Crippen molar-refractivity contribution in [1.82, 2.24) is 20.0 Å². The van der Waals surface area contributed by atoms with E-state index < -0.39 is 41.7 Å². The lowest BCUT2D eigenvalue weighted by Crippen LogP contribution is -2.53. The Hall–Kier alpha value is -3.46. The van der Waals surface area contributed by atoms with Crippen LogP contribution in [0.2, 0.25) is 5.02 Å². The van der Waals surface area contributed by atoms with Crippen LogP contribution in [-0.4, -0.2) is 71.2 Å². The Morgan fingerprint density at radius 3 is 2.29 bits per heavy atom. The molecule has 2 aliphatic rings. The summed E-state index contributed by atoms with van der Waals surface area (Å²) in [4.78, 5) is 55.0. The SMILES string of the molecule is Cc1ccc(C2(C)NC(=O)N(CC(=O)N3CCN(C(=O)c4cc(Cl)ccc4F)CC3)C2=O)cc1. The molecule has 0 aliphatic carbocycles. The average molecular weight is 487 g/mol. The first-order valence-corrected chi connectivity index (χ1v) is 11.2. The second kappa shape index (κ2) is 9.06. The summed E-state index contributed by atoms with van der Waals surface area (Å²) in [5.41, 5.74) is 0.276. The van der Waals surface area contributed by atoms with Crippen LogP contribution in [0, 0.1) is 12.7 Å². The molecular weight excluding hydrogens is 463 g/mol. The fourth-order valence-electron chi connectivity index (χ4n) is 4.15. The fraction of sp³-hybridized carbons (Fsp3) is 0.333. The Labute approximate surface area is 201 Å². The van der Waals surface area contributed by atoms with Crippen LogP contribution in [0.3, 0.4) is 0 Å². The van der Waals surface area contributed by atoms with E-state index in [1.807, 2.05) is 19.1 Å². The molecule has 8 nitrogen and oxygen atoms in total. The maximum atomic E-state index is 14.0. The number of imide groups is 1. The fourth-order valence-corrected chi connectivity index (χ4v) is 4.32. The third-order valence-electron chi connectivity index (χ3n) is 6.28.